The molecule has 0 aliphatic carbocycles. The van der Waals surface area contributed by atoms with Gasteiger partial charge in [0.15, 0.2) is 0 Å². The molecule has 164 valence electrons. The van der Waals surface area contributed by atoms with Crippen molar-refractivity contribution in [2.24, 2.45) is 0 Å². The average Bonchev–Trinajstić information content (AvgIpc) is 2.83. The molecule has 7 nitrogen and oxygen atoms in total. The number of aldehydes is 1. The molecule has 4 aromatic rings. The smallest absolute Gasteiger partial charge is 0.271 e. The van der Waals surface area contributed by atoms with E-state index in [0.717, 1.165) is 28.7 Å². The number of nitrogens with two attached hydrogens (primary N) is 1. The highest BCUT2D eigenvalue weighted by atomic mass is 16.6. The maximum absolute atomic E-state index is 13.7. The number of anilines is 2. The summed E-state index contributed by atoms with van der Waals surface area (Å²) in [5.74, 6) is -0.509. The highest BCUT2D eigenvalue weighted by Gasteiger charge is 2.28. The van der Waals surface area contributed by atoms with Gasteiger partial charge in [-0.1, -0.05) is 60.7 Å². The number of carbonyl (C=O) groups is 2. The van der Waals surface area contributed by atoms with Crippen molar-refractivity contribution >= 4 is 40.0 Å². The third-order valence-electron chi connectivity index (χ3n) is 5.48. The van der Waals surface area contributed by atoms with Gasteiger partial charge in [-0.3, -0.25) is 19.8 Å². The molecule has 0 radical (unpaired) electrons. The van der Waals surface area contributed by atoms with Crippen LogP contribution in [0.5, 0.6) is 0 Å². The van der Waals surface area contributed by atoms with E-state index in [9.17, 15) is 19.7 Å². The summed E-state index contributed by atoms with van der Waals surface area (Å²) in [6.45, 7) is 0. The molecule has 1 atom stereocenters. The van der Waals surface area contributed by atoms with E-state index in [-0.39, 0.29) is 16.9 Å². The average molecular weight is 439 g/mol. The predicted octanol–water partition coefficient (Wildman–Crippen LogP) is 4.79. The van der Waals surface area contributed by atoms with Gasteiger partial charge in [0.05, 0.1) is 22.2 Å². The van der Waals surface area contributed by atoms with Crippen molar-refractivity contribution in [1.82, 2.24) is 0 Å². The number of rotatable bonds is 7. The maximum Gasteiger partial charge on any atom is 0.271 e. The standard InChI is InChI=1S/C26H21N3O4/c27-25-16-22(29(32)33)12-13-24(25)26(31)28(23(17-30)14-18-6-2-1-3-7-18)21-11-10-19-8-4-5-9-20(19)15-21/h1-13,15-17,23H,14,27H2. The van der Waals surface area contributed by atoms with Gasteiger partial charge < -0.3 is 10.5 Å². The summed E-state index contributed by atoms with van der Waals surface area (Å²) in [5, 5.41) is 13.0. The molecule has 0 heterocycles. The van der Waals surface area contributed by atoms with Crippen LogP contribution in [0, 0.1) is 10.1 Å². The summed E-state index contributed by atoms with van der Waals surface area (Å²) in [5.41, 5.74) is 7.30. The number of nitrogen functional groups attached to an aromatic ring is 1. The molecule has 0 spiro atoms. The quantitative estimate of drug-likeness (QED) is 0.193. The minimum atomic E-state index is -0.810. The topological polar surface area (TPSA) is 107 Å². The molecule has 1 unspecified atom stereocenters. The Kier molecular flexibility index (Phi) is 6.13. The summed E-state index contributed by atoms with van der Waals surface area (Å²) in [4.78, 5) is 37.8. The van der Waals surface area contributed by atoms with Crippen LogP contribution >= 0.6 is 0 Å². The first kappa shape index (κ1) is 21.7. The minimum Gasteiger partial charge on any atom is -0.398 e. The number of carbonyl (C=O) groups excluding carboxylic acids is 2. The second kappa shape index (κ2) is 9.32. The summed E-state index contributed by atoms with van der Waals surface area (Å²) in [6.07, 6.45) is 1.04. The Balaban J connectivity index is 1.81. The lowest BCUT2D eigenvalue weighted by molar-refractivity contribution is -0.384. The first-order chi connectivity index (χ1) is 16.0. The molecule has 0 bridgehead atoms. The number of nitro benzene ring substituents is 1. The first-order valence-corrected chi connectivity index (χ1v) is 10.3. The highest BCUT2D eigenvalue weighted by molar-refractivity contribution is 6.12. The van der Waals surface area contributed by atoms with Gasteiger partial charge in [-0.2, -0.15) is 0 Å². The van der Waals surface area contributed by atoms with E-state index >= 15 is 0 Å². The zero-order valence-corrected chi connectivity index (χ0v) is 17.6. The van der Waals surface area contributed by atoms with E-state index in [0.29, 0.717) is 12.1 Å². The molecule has 4 aromatic carbocycles. The lowest BCUT2D eigenvalue weighted by Crippen LogP contribution is -2.43. The summed E-state index contributed by atoms with van der Waals surface area (Å²) in [6, 6.07) is 25.5. The molecule has 7 heteroatoms. The molecule has 33 heavy (non-hydrogen) atoms. The van der Waals surface area contributed by atoms with Crippen molar-refractivity contribution in [2.75, 3.05) is 10.6 Å². The number of non-ortho nitro benzene ring substituents is 1. The van der Waals surface area contributed by atoms with Crippen molar-refractivity contribution in [2.45, 2.75) is 12.5 Å². The Labute approximate surface area is 190 Å². The SMILES string of the molecule is Nc1cc([N+](=O)[O-])ccc1C(=O)N(c1ccc2ccccc2c1)C(C=O)Cc1ccccc1. The molecule has 0 saturated carbocycles. The van der Waals surface area contributed by atoms with E-state index in [2.05, 4.69) is 0 Å². The van der Waals surface area contributed by atoms with Crippen LogP contribution in [-0.4, -0.2) is 23.2 Å². The number of nitrogens with zero attached hydrogens (tertiary/aromatic N) is 2. The summed E-state index contributed by atoms with van der Waals surface area (Å²) in [7, 11) is 0. The van der Waals surface area contributed by atoms with Crippen LogP contribution in [-0.2, 0) is 11.2 Å². The van der Waals surface area contributed by atoms with Crippen LogP contribution in [0.4, 0.5) is 17.1 Å². The van der Waals surface area contributed by atoms with Gasteiger partial charge in [-0.05, 0) is 34.5 Å². The fourth-order valence-electron chi connectivity index (χ4n) is 3.83. The molecule has 0 aliphatic heterocycles. The zero-order chi connectivity index (χ0) is 23.4. The number of benzene rings is 4. The van der Waals surface area contributed by atoms with E-state index < -0.39 is 16.9 Å². The normalized spacial score (nSPS) is 11.6. The number of amides is 1. The monoisotopic (exact) mass is 439 g/mol. The number of nitro groups is 1. The largest absolute Gasteiger partial charge is 0.398 e. The molecule has 0 aromatic heterocycles. The lowest BCUT2D eigenvalue weighted by Gasteiger charge is -2.29. The molecule has 2 N–H and O–H groups in total. The highest BCUT2D eigenvalue weighted by Crippen LogP contribution is 2.29. The second-order valence-electron chi connectivity index (χ2n) is 7.63. The molecular weight excluding hydrogens is 418 g/mol. The van der Waals surface area contributed by atoms with Gasteiger partial charge in [-0.15, -0.1) is 0 Å². The minimum absolute atomic E-state index is 0.0238. The zero-order valence-electron chi connectivity index (χ0n) is 17.6. The van der Waals surface area contributed by atoms with Crippen LogP contribution < -0.4 is 10.6 Å². The Morgan fingerprint density at radius 1 is 0.939 bits per heavy atom. The van der Waals surface area contributed by atoms with Gasteiger partial charge in [0, 0.05) is 24.2 Å². The third-order valence-corrected chi connectivity index (χ3v) is 5.48. The molecule has 0 saturated heterocycles. The predicted molar refractivity (Wildman–Crippen MR) is 128 cm³/mol. The van der Waals surface area contributed by atoms with E-state index in [1.54, 1.807) is 6.07 Å². The van der Waals surface area contributed by atoms with Crippen LogP contribution in [0.15, 0.2) is 91.0 Å². The van der Waals surface area contributed by atoms with Crippen molar-refractivity contribution in [3.63, 3.8) is 0 Å². The van der Waals surface area contributed by atoms with Crippen LogP contribution in [0.25, 0.3) is 10.8 Å². The van der Waals surface area contributed by atoms with Crippen molar-refractivity contribution < 1.29 is 14.5 Å². The van der Waals surface area contributed by atoms with Crippen LogP contribution in [0.2, 0.25) is 0 Å². The lowest BCUT2D eigenvalue weighted by atomic mass is 10.0. The number of hydrogen-bond acceptors (Lipinski definition) is 5. The third kappa shape index (κ3) is 4.57. The van der Waals surface area contributed by atoms with Gasteiger partial charge in [0.1, 0.15) is 6.29 Å². The second-order valence-corrected chi connectivity index (χ2v) is 7.63. The van der Waals surface area contributed by atoms with Crippen LogP contribution in [0.3, 0.4) is 0 Å². The Hall–Kier alpha value is -4.52. The van der Waals surface area contributed by atoms with Gasteiger partial charge in [0.2, 0.25) is 0 Å². The Morgan fingerprint density at radius 2 is 1.64 bits per heavy atom. The van der Waals surface area contributed by atoms with Crippen molar-refractivity contribution in [3.05, 3.63) is 112 Å². The molecule has 1 amide bonds. The van der Waals surface area contributed by atoms with Gasteiger partial charge in [0.25, 0.3) is 11.6 Å². The van der Waals surface area contributed by atoms with Gasteiger partial charge >= 0.3 is 0 Å². The van der Waals surface area contributed by atoms with E-state index in [1.807, 2.05) is 66.7 Å². The Bertz CT molecular complexity index is 1340. The van der Waals surface area contributed by atoms with Crippen molar-refractivity contribution in [3.8, 4) is 0 Å². The van der Waals surface area contributed by atoms with Crippen molar-refractivity contribution in [1.29, 1.82) is 0 Å². The molecule has 0 fully saturated rings. The number of hydrogen-bond donors (Lipinski definition) is 1. The van der Waals surface area contributed by atoms with E-state index in [4.69, 9.17) is 5.73 Å². The maximum atomic E-state index is 13.7. The summed E-state index contributed by atoms with van der Waals surface area (Å²) >= 11 is 0. The first-order valence-electron chi connectivity index (χ1n) is 10.3. The summed E-state index contributed by atoms with van der Waals surface area (Å²) < 4.78 is 0. The van der Waals surface area contributed by atoms with Gasteiger partial charge in [-0.25, -0.2) is 0 Å². The molecular formula is C26H21N3O4. The molecule has 4 rings (SSSR count). The molecule has 0 aliphatic rings. The fourth-order valence-corrected chi connectivity index (χ4v) is 3.83. The van der Waals surface area contributed by atoms with E-state index in [1.165, 1.54) is 17.0 Å². The Morgan fingerprint density at radius 3 is 2.30 bits per heavy atom. The fraction of sp³-hybridized carbons (Fsp3) is 0.0769. The van der Waals surface area contributed by atoms with Crippen LogP contribution in [0.1, 0.15) is 15.9 Å². The number of fused-ring (bicyclic) bond motifs is 1.